The average molecular weight is 332 g/mol. The highest BCUT2D eigenvalue weighted by molar-refractivity contribution is 7.56. The van der Waals surface area contributed by atoms with Gasteiger partial charge in [0, 0.05) is 0 Å². The summed E-state index contributed by atoms with van der Waals surface area (Å²) in [6.45, 7) is 0. The van der Waals surface area contributed by atoms with E-state index in [4.69, 9.17) is 9.05 Å². The Morgan fingerprint density at radius 3 is 1.74 bits per heavy atom. The van der Waals surface area contributed by atoms with Crippen LogP contribution in [0.5, 0.6) is 11.5 Å². The van der Waals surface area contributed by atoms with Crippen molar-refractivity contribution >= 4 is 19.5 Å². The van der Waals surface area contributed by atoms with E-state index >= 15 is 0 Å². The monoisotopic (exact) mass is 332 g/mol. The van der Waals surface area contributed by atoms with Crippen molar-refractivity contribution in [3.63, 3.8) is 0 Å². The van der Waals surface area contributed by atoms with E-state index in [0.717, 1.165) is 0 Å². The molecule has 6 nitrogen and oxygen atoms in total. The lowest BCUT2D eigenvalue weighted by Crippen LogP contribution is -2.21. The zero-order valence-corrected chi connectivity index (χ0v) is 12.8. The molecule has 1 aliphatic rings. The third-order valence-corrected chi connectivity index (χ3v) is 5.27. The van der Waals surface area contributed by atoms with Crippen LogP contribution in [0.4, 0.5) is 0 Å². The van der Waals surface area contributed by atoms with E-state index in [-0.39, 0.29) is 17.9 Å². The summed E-state index contributed by atoms with van der Waals surface area (Å²) in [4.78, 5) is 23.2. The van der Waals surface area contributed by atoms with Gasteiger partial charge in [0.2, 0.25) is 0 Å². The van der Waals surface area contributed by atoms with Gasteiger partial charge in [-0.25, -0.2) is 4.57 Å². The maximum atomic E-state index is 13.2. The molecular weight excluding hydrogens is 319 g/mol. The summed E-state index contributed by atoms with van der Waals surface area (Å²) in [6, 6.07) is 16.7. The van der Waals surface area contributed by atoms with Crippen LogP contribution in [0.25, 0.3) is 0 Å². The molecule has 3 rings (SSSR count). The molecule has 0 radical (unpaired) electrons. The number of ether oxygens (including phenoxy) is 1. The van der Waals surface area contributed by atoms with Gasteiger partial charge in [0.05, 0.1) is 6.42 Å². The maximum Gasteiger partial charge on any atom is 0.445 e. The summed E-state index contributed by atoms with van der Waals surface area (Å²) in [7, 11) is -4.00. The Bertz CT molecular complexity index is 713. The molecule has 1 heterocycles. The molecule has 1 atom stereocenters. The molecule has 0 aliphatic carbocycles. The number of esters is 2. The molecule has 1 aliphatic heterocycles. The Labute approximate surface area is 132 Å². The minimum Gasteiger partial charge on any atom is -0.415 e. The molecule has 1 unspecified atom stereocenters. The Morgan fingerprint density at radius 2 is 1.35 bits per heavy atom. The van der Waals surface area contributed by atoms with Crippen LogP contribution in [-0.4, -0.2) is 17.6 Å². The van der Waals surface area contributed by atoms with E-state index < -0.39 is 25.2 Å². The van der Waals surface area contributed by atoms with Gasteiger partial charge in [-0.3, -0.25) is 9.59 Å². The van der Waals surface area contributed by atoms with Crippen molar-refractivity contribution < 1.29 is 27.9 Å². The fourth-order valence-electron chi connectivity index (χ4n) is 2.11. The van der Waals surface area contributed by atoms with Gasteiger partial charge in [0.15, 0.2) is 5.66 Å². The Kier molecular flexibility index (Phi) is 4.17. The van der Waals surface area contributed by atoms with Gasteiger partial charge in [-0.2, -0.15) is 0 Å². The Morgan fingerprint density at radius 1 is 0.870 bits per heavy atom. The molecule has 0 N–H and O–H groups in total. The summed E-state index contributed by atoms with van der Waals surface area (Å²) < 4.78 is 28.7. The van der Waals surface area contributed by atoms with E-state index in [1.807, 2.05) is 0 Å². The molecule has 23 heavy (non-hydrogen) atoms. The molecule has 0 spiro atoms. The first-order valence-corrected chi connectivity index (χ1v) is 8.51. The highest BCUT2D eigenvalue weighted by atomic mass is 31.2. The van der Waals surface area contributed by atoms with Crippen molar-refractivity contribution in [3.8, 4) is 11.5 Å². The molecule has 1 fully saturated rings. The van der Waals surface area contributed by atoms with Gasteiger partial charge in [-0.1, -0.05) is 36.4 Å². The molecule has 0 amide bonds. The van der Waals surface area contributed by atoms with Crippen LogP contribution in [-0.2, 0) is 18.9 Å². The van der Waals surface area contributed by atoms with Crippen molar-refractivity contribution in [1.82, 2.24) is 0 Å². The van der Waals surface area contributed by atoms with Crippen LogP contribution in [0.2, 0.25) is 0 Å². The molecule has 2 aromatic rings. The SMILES string of the molecule is O=C1CC(P(=O)(Oc2ccccc2)Oc2ccccc2)C(=O)O1. The smallest absolute Gasteiger partial charge is 0.415 e. The third kappa shape index (κ3) is 3.43. The largest absolute Gasteiger partial charge is 0.445 e. The predicted octanol–water partition coefficient (Wildman–Crippen LogP) is 3.18. The van der Waals surface area contributed by atoms with Crippen molar-refractivity contribution in [1.29, 1.82) is 0 Å². The number of carbonyl (C=O) groups excluding carboxylic acids is 2. The van der Waals surface area contributed by atoms with Crippen LogP contribution in [0, 0.1) is 0 Å². The zero-order valence-electron chi connectivity index (χ0n) is 12.0. The molecule has 0 aromatic heterocycles. The van der Waals surface area contributed by atoms with E-state index in [1.165, 1.54) is 0 Å². The van der Waals surface area contributed by atoms with Crippen LogP contribution in [0.15, 0.2) is 60.7 Å². The maximum absolute atomic E-state index is 13.2. The van der Waals surface area contributed by atoms with Crippen molar-refractivity contribution in [2.24, 2.45) is 0 Å². The van der Waals surface area contributed by atoms with Crippen LogP contribution < -0.4 is 9.05 Å². The van der Waals surface area contributed by atoms with E-state index in [1.54, 1.807) is 60.7 Å². The summed E-state index contributed by atoms with van der Waals surface area (Å²) in [6.07, 6.45) is -0.338. The first-order valence-electron chi connectivity index (χ1n) is 6.90. The standard InChI is InChI=1S/C16H13O6P/c17-15-11-14(16(18)20-15)23(19,21-12-7-3-1-4-8-12)22-13-9-5-2-6-10-13/h1-10,14H,11H2. The quantitative estimate of drug-likeness (QED) is 0.475. The van der Waals surface area contributed by atoms with Crippen molar-refractivity contribution in [2.75, 3.05) is 0 Å². The molecular formula is C16H13O6P. The first-order chi connectivity index (χ1) is 11.1. The third-order valence-electron chi connectivity index (χ3n) is 3.18. The summed E-state index contributed by atoms with van der Waals surface area (Å²) in [5.41, 5.74) is -1.28. The number of hydrogen-bond donors (Lipinski definition) is 0. The number of cyclic esters (lactones) is 2. The van der Waals surface area contributed by atoms with E-state index in [0.29, 0.717) is 0 Å². The molecule has 118 valence electrons. The molecule has 7 heteroatoms. The number of rotatable bonds is 5. The normalized spacial score (nSPS) is 17.7. The van der Waals surface area contributed by atoms with Crippen LogP contribution in [0.3, 0.4) is 0 Å². The summed E-state index contributed by atoms with van der Waals surface area (Å²) >= 11 is 0. The van der Waals surface area contributed by atoms with Gasteiger partial charge in [-0.15, -0.1) is 0 Å². The number of para-hydroxylation sites is 2. The van der Waals surface area contributed by atoms with Crippen molar-refractivity contribution in [3.05, 3.63) is 60.7 Å². The Balaban J connectivity index is 1.93. The number of carbonyl (C=O) groups is 2. The minimum absolute atomic E-state index is 0.277. The fourth-order valence-corrected chi connectivity index (χ4v) is 3.91. The highest BCUT2D eigenvalue weighted by Crippen LogP contribution is 2.55. The summed E-state index contributed by atoms with van der Waals surface area (Å²) in [5, 5.41) is 0. The molecule has 0 bridgehead atoms. The lowest BCUT2D eigenvalue weighted by molar-refractivity contribution is -0.151. The average Bonchev–Trinajstić information content (AvgIpc) is 2.88. The first kappa shape index (κ1) is 15.3. The fraction of sp³-hybridized carbons (Fsp3) is 0.125. The second kappa shape index (κ2) is 6.26. The number of hydrogen-bond acceptors (Lipinski definition) is 6. The lowest BCUT2D eigenvalue weighted by Gasteiger charge is -2.22. The topological polar surface area (TPSA) is 78.9 Å². The lowest BCUT2D eigenvalue weighted by atomic mass is 10.3. The van der Waals surface area contributed by atoms with Crippen molar-refractivity contribution in [2.45, 2.75) is 12.1 Å². The van der Waals surface area contributed by atoms with E-state index in [2.05, 4.69) is 4.74 Å². The molecule has 1 saturated heterocycles. The molecule has 0 saturated carbocycles. The van der Waals surface area contributed by atoms with Crippen LogP contribution in [0.1, 0.15) is 6.42 Å². The zero-order chi connectivity index (χ0) is 16.3. The summed E-state index contributed by atoms with van der Waals surface area (Å²) in [5.74, 6) is -1.09. The molecule has 2 aromatic carbocycles. The van der Waals surface area contributed by atoms with Gasteiger partial charge < -0.3 is 13.8 Å². The minimum atomic E-state index is -4.00. The Hall–Kier alpha value is -2.59. The second-order valence-electron chi connectivity index (χ2n) is 4.86. The highest BCUT2D eigenvalue weighted by Gasteiger charge is 2.51. The van der Waals surface area contributed by atoms with Gasteiger partial charge in [0.25, 0.3) is 0 Å². The number of benzene rings is 2. The van der Waals surface area contributed by atoms with Gasteiger partial charge in [-0.05, 0) is 24.3 Å². The predicted molar refractivity (Wildman–Crippen MR) is 81.3 cm³/mol. The van der Waals surface area contributed by atoms with Crippen LogP contribution >= 0.6 is 7.60 Å². The van der Waals surface area contributed by atoms with Gasteiger partial charge in [0.1, 0.15) is 11.5 Å². The second-order valence-corrected chi connectivity index (χ2v) is 6.93. The van der Waals surface area contributed by atoms with E-state index in [9.17, 15) is 14.2 Å². The van der Waals surface area contributed by atoms with Gasteiger partial charge >= 0.3 is 19.5 Å².